The SMILES string of the molecule is COc1cccc2sc(N(C)CC(=O)N3CCc4ccccc43)nc12. The van der Waals surface area contributed by atoms with E-state index < -0.39 is 0 Å². The van der Waals surface area contributed by atoms with Crippen molar-refractivity contribution in [2.75, 3.05) is 37.0 Å². The molecule has 2 aromatic carbocycles. The topological polar surface area (TPSA) is 45.7 Å². The lowest BCUT2D eigenvalue weighted by Gasteiger charge is -2.21. The molecule has 1 amide bonds. The Morgan fingerprint density at radius 2 is 2.12 bits per heavy atom. The number of carbonyl (C=O) groups is 1. The molecule has 1 aliphatic rings. The van der Waals surface area contributed by atoms with Crippen molar-refractivity contribution in [2.45, 2.75) is 6.42 Å². The minimum Gasteiger partial charge on any atom is -0.494 e. The standard InChI is InChI=1S/C19H19N3O2S/c1-21(19-20-18-15(24-2)8-5-9-16(18)25-19)12-17(23)22-11-10-13-6-3-4-7-14(13)22/h3-9H,10-12H2,1-2H3. The number of fused-ring (bicyclic) bond motifs is 2. The fourth-order valence-electron chi connectivity index (χ4n) is 3.19. The zero-order valence-corrected chi connectivity index (χ0v) is 15.0. The van der Waals surface area contributed by atoms with E-state index in [2.05, 4.69) is 11.1 Å². The molecule has 0 radical (unpaired) electrons. The summed E-state index contributed by atoms with van der Waals surface area (Å²) in [6, 6.07) is 14.0. The van der Waals surface area contributed by atoms with Crippen LogP contribution in [-0.2, 0) is 11.2 Å². The van der Waals surface area contributed by atoms with Gasteiger partial charge in [0.2, 0.25) is 5.91 Å². The van der Waals surface area contributed by atoms with Gasteiger partial charge in [0, 0.05) is 19.3 Å². The summed E-state index contributed by atoms with van der Waals surface area (Å²) in [5.41, 5.74) is 3.12. The molecular formula is C19H19N3O2S. The molecule has 0 N–H and O–H groups in total. The number of hydrogen-bond donors (Lipinski definition) is 0. The molecule has 0 atom stereocenters. The summed E-state index contributed by atoms with van der Waals surface area (Å²) in [5, 5.41) is 0.820. The molecule has 0 saturated carbocycles. The summed E-state index contributed by atoms with van der Waals surface area (Å²) in [6.07, 6.45) is 0.921. The molecular weight excluding hydrogens is 334 g/mol. The van der Waals surface area contributed by atoms with E-state index in [1.807, 2.05) is 53.2 Å². The normalized spacial score (nSPS) is 13.1. The van der Waals surface area contributed by atoms with Gasteiger partial charge in [0.25, 0.3) is 0 Å². The van der Waals surface area contributed by atoms with E-state index in [1.54, 1.807) is 18.4 Å². The Morgan fingerprint density at radius 3 is 2.96 bits per heavy atom. The third-order valence-corrected chi connectivity index (χ3v) is 5.61. The fourth-order valence-corrected chi connectivity index (χ4v) is 4.14. The van der Waals surface area contributed by atoms with Crippen molar-refractivity contribution >= 4 is 38.3 Å². The van der Waals surface area contributed by atoms with Crippen molar-refractivity contribution in [1.29, 1.82) is 0 Å². The van der Waals surface area contributed by atoms with Gasteiger partial charge in [-0.15, -0.1) is 0 Å². The number of carbonyl (C=O) groups excluding carboxylic acids is 1. The van der Waals surface area contributed by atoms with Crippen molar-refractivity contribution in [3.8, 4) is 5.75 Å². The number of aromatic nitrogens is 1. The molecule has 1 aromatic heterocycles. The number of rotatable bonds is 4. The first kappa shape index (κ1) is 15.9. The number of anilines is 2. The quantitative estimate of drug-likeness (QED) is 0.722. The van der Waals surface area contributed by atoms with E-state index in [9.17, 15) is 4.79 Å². The lowest BCUT2D eigenvalue weighted by molar-refractivity contribution is -0.117. The predicted molar refractivity (Wildman–Crippen MR) is 102 cm³/mol. The minimum absolute atomic E-state index is 0.0960. The van der Waals surface area contributed by atoms with E-state index >= 15 is 0 Å². The smallest absolute Gasteiger partial charge is 0.246 e. The maximum atomic E-state index is 12.8. The molecule has 5 nitrogen and oxygen atoms in total. The number of amides is 1. The van der Waals surface area contributed by atoms with Crippen LogP contribution in [0.25, 0.3) is 10.2 Å². The molecule has 0 saturated heterocycles. The van der Waals surface area contributed by atoms with Crippen LogP contribution in [0.5, 0.6) is 5.75 Å². The summed E-state index contributed by atoms with van der Waals surface area (Å²) >= 11 is 1.57. The van der Waals surface area contributed by atoms with Gasteiger partial charge in [-0.1, -0.05) is 35.6 Å². The number of benzene rings is 2. The van der Waals surface area contributed by atoms with E-state index in [0.29, 0.717) is 6.54 Å². The summed E-state index contributed by atoms with van der Waals surface area (Å²) in [4.78, 5) is 21.2. The third kappa shape index (κ3) is 2.82. The van der Waals surface area contributed by atoms with Gasteiger partial charge in [-0.05, 0) is 30.2 Å². The van der Waals surface area contributed by atoms with E-state index in [-0.39, 0.29) is 5.91 Å². The zero-order valence-electron chi connectivity index (χ0n) is 14.2. The highest BCUT2D eigenvalue weighted by atomic mass is 32.1. The molecule has 4 rings (SSSR count). The highest BCUT2D eigenvalue weighted by Crippen LogP contribution is 2.34. The lowest BCUT2D eigenvalue weighted by atomic mass is 10.2. The zero-order chi connectivity index (χ0) is 17.4. The van der Waals surface area contributed by atoms with Crippen LogP contribution in [0, 0.1) is 0 Å². The fraction of sp³-hybridized carbons (Fsp3) is 0.263. The molecule has 0 unspecified atom stereocenters. The molecule has 0 bridgehead atoms. The van der Waals surface area contributed by atoms with Gasteiger partial charge in [-0.3, -0.25) is 4.79 Å². The highest BCUT2D eigenvalue weighted by molar-refractivity contribution is 7.22. The van der Waals surface area contributed by atoms with E-state index in [4.69, 9.17) is 4.74 Å². The first-order valence-corrected chi connectivity index (χ1v) is 9.02. The summed E-state index contributed by atoms with van der Waals surface area (Å²) in [5.74, 6) is 0.854. The Hall–Kier alpha value is -2.60. The Kier molecular flexibility index (Phi) is 4.05. The molecule has 3 aromatic rings. The Labute approximate surface area is 150 Å². The van der Waals surface area contributed by atoms with Gasteiger partial charge in [-0.2, -0.15) is 0 Å². The molecule has 0 aliphatic carbocycles. The van der Waals surface area contributed by atoms with Crippen LogP contribution in [0.1, 0.15) is 5.56 Å². The van der Waals surface area contributed by atoms with Gasteiger partial charge in [0.15, 0.2) is 5.13 Å². The van der Waals surface area contributed by atoms with Crippen LogP contribution < -0.4 is 14.5 Å². The van der Waals surface area contributed by atoms with Gasteiger partial charge in [0.1, 0.15) is 11.3 Å². The average molecular weight is 353 g/mol. The summed E-state index contributed by atoms with van der Waals surface area (Å²) in [7, 11) is 3.55. The van der Waals surface area contributed by atoms with Crippen molar-refractivity contribution in [1.82, 2.24) is 4.98 Å². The van der Waals surface area contributed by atoms with Gasteiger partial charge in [0.05, 0.1) is 18.4 Å². The average Bonchev–Trinajstić information content (AvgIpc) is 3.25. The number of likely N-dealkylation sites (N-methyl/N-ethyl adjacent to an activating group) is 1. The number of hydrogen-bond acceptors (Lipinski definition) is 5. The monoisotopic (exact) mass is 353 g/mol. The molecule has 6 heteroatoms. The Bertz CT molecular complexity index is 937. The maximum Gasteiger partial charge on any atom is 0.246 e. The maximum absolute atomic E-state index is 12.8. The Balaban J connectivity index is 1.54. The molecule has 25 heavy (non-hydrogen) atoms. The van der Waals surface area contributed by atoms with Crippen LogP contribution in [0.2, 0.25) is 0 Å². The van der Waals surface area contributed by atoms with Crippen LogP contribution in [0.15, 0.2) is 42.5 Å². The van der Waals surface area contributed by atoms with Crippen molar-refractivity contribution in [2.24, 2.45) is 0 Å². The van der Waals surface area contributed by atoms with E-state index in [1.165, 1.54) is 5.56 Å². The number of para-hydroxylation sites is 2. The number of methoxy groups -OCH3 is 1. The van der Waals surface area contributed by atoms with Gasteiger partial charge in [-0.25, -0.2) is 4.98 Å². The van der Waals surface area contributed by atoms with Gasteiger partial charge < -0.3 is 14.5 Å². The largest absolute Gasteiger partial charge is 0.494 e. The Morgan fingerprint density at radius 1 is 1.28 bits per heavy atom. The van der Waals surface area contributed by atoms with Gasteiger partial charge >= 0.3 is 0 Å². The van der Waals surface area contributed by atoms with E-state index in [0.717, 1.165) is 39.8 Å². The second kappa shape index (κ2) is 6.37. The lowest BCUT2D eigenvalue weighted by Crippen LogP contribution is -2.38. The van der Waals surface area contributed by atoms with Crippen LogP contribution in [0.4, 0.5) is 10.8 Å². The van der Waals surface area contributed by atoms with Crippen LogP contribution in [-0.4, -0.2) is 38.1 Å². The molecule has 128 valence electrons. The molecule has 1 aliphatic heterocycles. The number of nitrogens with zero attached hydrogens (tertiary/aromatic N) is 3. The highest BCUT2D eigenvalue weighted by Gasteiger charge is 2.25. The molecule has 0 fully saturated rings. The third-order valence-electron chi connectivity index (χ3n) is 4.48. The van der Waals surface area contributed by atoms with Crippen LogP contribution in [0.3, 0.4) is 0 Å². The second-order valence-electron chi connectivity index (χ2n) is 6.08. The van der Waals surface area contributed by atoms with Crippen molar-refractivity contribution in [3.05, 3.63) is 48.0 Å². The number of thiazole rings is 1. The predicted octanol–water partition coefficient (Wildman–Crippen LogP) is 3.33. The summed E-state index contributed by atoms with van der Waals surface area (Å²) < 4.78 is 6.43. The van der Waals surface area contributed by atoms with Crippen molar-refractivity contribution in [3.63, 3.8) is 0 Å². The molecule has 0 spiro atoms. The minimum atomic E-state index is 0.0960. The van der Waals surface area contributed by atoms with Crippen LogP contribution >= 0.6 is 11.3 Å². The number of ether oxygens (including phenoxy) is 1. The first-order chi connectivity index (χ1) is 12.2. The second-order valence-corrected chi connectivity index (χ2v) is 7.09. The van der Waals surface area contributed by atoms with Crippen molar-refractivity contribution < 1.29 is 9.53 Å². The molecule has 2 heterocycles. The summed E-state index contributed by atoms with van der Waals surface area (Å²) in [6.45, 7) is 1.05. The first-order valence-electron chi connectivity index (χ1n) is 8.20.